The van der Waals surface area contributed by atoms with Crippen molar-refractivity contribution in [2.45, 2.75) is 19.4 Å². The minimum Gasteiger partial charge on any atom is -0.497 e. The summed E-state index contributed by atoms with van der Waals surface area (Å²) in [6.45, 7) is 4.64. The van der Waals surface area contributed by atoms with Crippen molar-refractivity contribution in [1.82, 2.24) is 14.8 Å². The van der Waals surface area contributed by atoms with Gasteiger partial charge in [-0.25, -0.2) is 5.01 Å². The minimum absolute atomic E-state index is 0.0672. The molecular formula is C25H28N4O5. The maximum atomic E-state index is 13.4. The SMILES string of the molecule is COc1ccc(C2=NN(C(=O)CN3CCN(C(C)=O)CC3)[C@H](c3ccc4c(c3)OCO4)C2)cc1. The highest BCUT2D eigenvalue weighted by atomic mass is 16.7. The summed E-state index contributed by atoms with van der Waals surface area (Å²) in [5, 5.41) is 6.38. The third-order valence-corrected chi connectivity index (χ3v) is 6.55. The molecular weight excluding hydrogens is 436 g/mol. The molecule has 34 heavy (non-hydrogen) atoms. The van der Waals surface area contributed by atoms with Crippen LogP contribution in [0.15, 0.2) is 47.6 Å². The molecule has 3 aliphatic heterocycles. The largest absolute Gasteiger partial charge is 0.497 e. The zero-order chi connectivity index (χ0) is 23.7. The van der Waals surface area contributed by atoms with E-state index >= 15 is 0 Å². The van der Waals surface area contributed by atoms with Crippen LogP contribution in [0.3, 0.4) is 0 Å². The number of carbonyl (C=O) groups excluding carboxylic acids is 2. The number of hydrogen-bond acceptors (Lipinski definition) is 7. The Morgan fingerprint density at radius 2 is 1.76 bits per heavy atom. The number of fused-ring (bicyclic) bond motifs is 1. The maximum absolute atomic E-state index is 13.4. The zero-order valence-electron chi connectivity index (χ0n) is 19.4. The van der Waals surface area contributed by atoms with Gasteiger partial charge in [0.25, 0.3) is 5.91 Å². The van der Waals surface area contributed by atoms with Crippen molar-refractivity contribution in [3.05, 3.63) is 53.6 Å². The first-order valence-corrected chi connectivity index (χ1v) is 11.4. The van der Waals surface area contributed by atoms with Gasteiger partial charge in [0.05, 0.1) is 25.4 Å². The molecule has 2 amide bonds. The lowest BCUT2D eigenvalue weighted by atomic mass is 9.98. The van der Waals surface area contributed by atoms with Crippen LogP contribution in [-0.2, 0) is 9.59 Å². The number of benzene rings is 2. The average molecular weight is 465 g/mol. The van der Waals surface area contributed by atoms with Crippen LogP contribution in [0.2, 0.25) is 0 Å². The molecule has 0 aliphatic carbocycles. The second-order valence-electron chi connectivity index (χ2n) is 8.63. The molecule has 0 N–H and O–H groups in total. The van der Waals surface area contributed by atoms with Crippen LogP contribution >= 0.6 is 0 Å². The highest BCUT2D eigenvalue weighted by Crippen LogP contribution is 2.39. The summed E-state index contributed by atoms with van der Waals surface area (Å²) in [5.41, 5.74) is 2.75. The van der Waals surface area contributed by atoms with Gasteiger partial charge >= 0.3 is 0 Å². The lowest BCUT2D eigenvalue weighted by Crippen LogP contribution is -2.50. The Morgan fingerprint density at radius 3 is 2.47 bits per heavy atom. The molecule has 0 spiro atoms. The molecule has 1 atom stereocenters. The van der Waals surface area contributed by atoms with E-state index in [2.05, 4.69) is 4.90 Å². The summed E-state index contributed by atoms with van der Waals surface area (Å²) >= 11 is 0. The van der Waals surface area contributed by atoms with Crippen LogP contribution in [0.4, 0.5) is 0 Å². The molecule has 3 aliphatic rings. The Labute approximate surface area is 198 Å². The lowest BCUT2D eigenvalue weighted by molar-refractivity contribution is -0.135. The number of ether oxygens (including phenoxy) is 3. The van der Waals surface area contributed by atoms with Crippen molar-refractivity contribution < 1.29 is 23.8 Å². The number of carbonyl (C=O) groups is 2. The van der Waals surface area contributed by atoms with E-state index in [9.17, 15) is 9.59 Å². The van der Waals surface area contributed by atoms with Crippen LogP contribution < -0.4 is 14.2 Å². The number of piperazine rings is 1. The maximum Gasteiger partial charge on any atom is 0.257 e. The van der Waals surface area contributed by atoms with Crippen molar-refractivity contribution in [3.8, 4) is 17.2 Å². The van der Waals surface area contributed by atoms with Crippen LogP contribution in [0.1, 0.15) is 30.5 Å². The monoisotopic (exact) mass is 464 g/mol. The summed E-state index contributed by atoms with van der Waals surface area (Å²) in [4.78, 5) is 29.0. The van der Waals surface area contributed by atoms with Crippen molar-refractivity contribution in [1.29, 1.82) is 0 Å². The Bertz CT molecular complexity index is 1110. The van der Waals surface area contributed by atoms with E-state index in [0.717, 1.165) is 22.6 Å². The predicted molar refractivity (Wildman–Crippen MR) is 125 cm³/mol. The highest BCUT2D eigenvalue weighted by Gasteiger charge is 2.35. The number of amides is 2. The van der Waals surface area contributed by atoms with E-state index < -0.39 is 0 Å². The van der Waals surface area contributed by atoms with E-state index in [4.69, 9.17) is 19.3 Å². The van der Waals surface area contributed by atoms with Crippen LogP contribution in [0, 0.1) is 0 Å². The van der Waals surface area contributed by atoms with E-state index in [-0.39, 0.29) is 31.2 Å². The molecule has 9 nitrogen and oxygen atoms in total. The van der Waals surface area contributed by atoms with E-state index in [1.807, 2.05) is 47.4 Å². The molecule has 2 aromatic carbocycles. The Balaban J connectivity index is 1.37. The topological polar surface area (TPSA) is 83.9 Å². The third-order valence-electron chi connectivity index (χ3n) is 6.55. The molecule has 0 bridgehead atoms. The minimum atomic E-state index is -0.238. The summed E-state index contributed by atoms with van der Waals surface area (Å²) < 4.78 is 16.3. The number of hydrazone groups is 1. The van der Waals surface area contributed by atoms with Gasteiger partial charge in [-0.1, -0.05) is 6.07 Å². The van der Waals surface area contributed by atoms with Crippen LogP contribution in [-0.4, -0.2) is 79.0 Å². The van der Waals surface area contributed by atoms with E-state index in [0.29, 0.717) is 44.1 Å². The summed E-state index contributed by atoms with van der Waals surface area (Å²) in [6.07, 6.45) is 0.593. The molecule has 0 radical (unpaired) electrons. The normalized spacial score (nSPS) is 19.8. The fraction of sp³-hybridized carbons (Fsp3) is 0.400. The lowest BCUT2D eigenvalue weighted by Gasteiger charge is -2.34. The molecule has 1 fully saturated rings. The molecule has 9 heteroatoms. The van der Waals surface area contributed by atoms with Gasteiger partial charge in [-0.15, -0.1) is 0 Å². The Morgan fingerprint density at radius 1 is 1.03 bits per heavy atom. The number of methoxy groups -OCH3 is 1. The van der Waals surface area contributed by atoms with Gasteiger partial charge < -0.3 is 19.1 Å². The quantitative estimate of drug-likeness (QED) is 0.675. The molecule has 3 heterocycles. The van der Waals surface area contributed by atoms with E-state index in [1.165, 1.54) is 0 Å². The van der Waals surface area contributed by atoms with Gasteiger partial charge in [0, 0.05) is 39.5 Å². The van der Waals surface area contributed by atoms with Crippen LogP contribution in [0.5, 0.6) is 17.2 Å². The standard InChI is InChI=1S/C25H28N4O5/c1-17(30)28-11-9-27(10-12-28)15-25(31)29-22(19-5-8-23-24(13-19)34-16-33-23)14-21(26-29)18-3-6-20(32-2)7-4-18/h3-8,13,22H,9-12,14-16H2,1-2H3/t22-/m0/s1. The molecule has 0 aromatic heterocycles. The first-order valence-electron chi connectivity index (χ1n) is 11.4. The number of hydrogen-bond donors (Lipinski definition) is 0. The Kier molecular flexibility index (Phi) is 6.10. The van der Waals surface area contributed by atoms with Crippen molar-refractivity contribution in [2.75, 3.05) is 46.6 Å². The fourth-order valence-corrected chi connectivity index (χ4v) is 4.56. The average Bonchev–Trinajstić information content (AvgIpc) is 3.51. The first kappa shape index (κ1) is 22.2. The highest BCUT2D eigenvalue weighted by molar-refractivity contribution is 6.03. The molecule has 0 unspecified atom stereocenters. The number of rotatable bonds is 5. The zero-order valence-corrected chi connectivity index (χ0v) is 19.4. The molecule has 5 rings (SSSR count). The van der Waals surface area contributed by atoms with Crippen molar-refractivity contribution >= 4 is 17.5 Å². The van der Waals surface area contributed by atoms with Gasteiger partial charge in [0.2, 0.25) is 12.7 Å². The van der Waals surface area contributed by atoms with E-state index in [1.54, 1.807) is 19.0 Å². The second-order valence-corrected chi connectivity index (χ2v) is 8.63. The molecule has 1 saturated heterocycles. The van der Waals surface area contributed by atoms with Gasteiger partial charge in [0.1, 0.15) is 5.75 Å². The second kappa shape index (κ2) is 9.34. The fourth-order valence-electron chi connectivity index (χ4n) is 4.56. The Hall–Kier alpha value is -3.59. The predicted octanol–water partition coefficient (Wildman–Crippen LogP) is 2.27. The molecule has 0 saturated carbocycles. The molecule has 178 valence electrons. The van der Waals surface area contributed by atoms with Crippen molar-refractivity contribution in [3.63, 3.8) is 0 Å². The van der Waals surface area contributed by atoms with Gasteiger partial charge in [-0.2, -0.15) is 5.10 Å². The summed E-state index contributed by atoms with van der Waals surface area (Å²) in [5.74, 6) is 2.17. The van der Waals surface area contributed by atoms with Gasteiger partial charge in [-0.3, -0.25) is 14.5 Å². The first-order chi connectivity index (χ1) is 16.5. The van der Waals surface area contributed by atoms with Gasteiger partial charge in [-0.05, 0) is 47.5 Å². The molecule has 2 aromatic rings. The number of nitrogens with zero attached hydrogens (tertiary/aromatic N) is 4. The van der Waals surface area contributed by atoms with Crippen molar-refractivity contribution in [2.24, 2.45) is 5.10 Å². The summed E-state index contributed by atoms with van der Waals surface area (Å²) in [6, 6.07) is 13.3. The van der Waals surface area contributed by atoms with Gasteiger partial charge in [0.15, 0.2) is 11.5 Å². The van der Waals surface area contributed by atoms with Crippen LogP contribution in [0.25, 0.3) is 0 Å². The summed E-state index contributed by atoms with van der Waals surface area (Å²) in [7, 11) is 1.63. The smallest absolute Gasteiger partial charge is 0.257 e. The third kappa shape index (κ3) is 4.43.